The molecule has 1 fully saturated rings. The van der Waals surface area contributed by atoms with E-state index in [1.165, 1.54) is 49.7 Å². The molecule has 0 spiro atoms. The van der Waals surface area contributed by atoms with Crippen LogP contribution in [0.5, 0.6) is 0 Å². The van der Waals surface area contributed by atoms with Crippen LogP contribution in [0.25, 0.3) is 0 Å². The van der Waals surface area contributed by atoms with E-state index in [0.29, 0.717) is 6.04 Å². The standard InChI is InChI=1S/C20H28N4/c1-15-9-11-17(12-10-15)14-21-19-13-20(23-16(2)22-19)24-18-7-5-3-4-6-8-18/h9-13,18H,3-8,14H2,1-2H3,(H2,21,22,23,24). The Morgan fingerprint density at radius 1 is 0.917 bits per heavy atom. The summed E-state index contributed by atoms with van der Waals surface area (Å²) in [6, 6.07) is 11.2. The number of hydrogen-bond acceptors (Lipinski definition) is 4. The largest absolute Gasteiger partial charge is 0.367 e. The maximum atomic E-state index is 4.56. The molecule has 0 bridgehead atoms. The summed E-state index contributed by atoms with van der Waals surface area (Å²) in [6.07, 6.45) is 7.86. The zero-order valence-electron chi connectivity index (χ0n) is 14.8. The minimum Gasteiger partial charge on any atom is -0.367 e. The molecule has 0 aliphatic heterocycles. The highest BCUT2D eigenvalue weighted by Gasteiger charge is 2.13. The van der Waals surface area contributed by atoms with Gasteiger partial charge in [-0.1, -0.05) is 55.5 Å². The first-order valence-electron chi connectivity index (χ1n) is 9.11. The van der Waals surface area contributed by atoms with Gasteiger partial charge in [-0.05, 0) is 32.3 Å². The monoisotopic (exact) mass is 324 g/mol. The van der Waals surface area contributed by atoms with Crippen molar-refractivity contribution in [2.75, 3.05) is 10.6 Å². The Kier molecular flexibility index (Phi) is 5.68. The van der Waals surface area contributed by atoms with E-state index in [9.17, 15) is 0 Å². The van der Waals surface area contributed by atoms with Crippen molar-refractivity contribution in [3.05, 3.63) is 47.3 Å². The molecule has 2 aromatic rings. The van der Waals surface area contributed by atoms with E-state index in [1.807, 2.05) is 13.0 Å². The number of hydrogen-bond donors (Lipinski definition) is 2. The van der Waals surface area contributed by atoms with Crippen LogP contribution in [0.4, 0.5) is 11.6 Å². The number of nitrogens with one attached hydrogen (secondary N) is 2. The highest BCUT2D eigenvalue weighted by atomic mass is 15.1. The molecule has 0 unspecified atom stereocenters. The van der Waals surface area contributed by atoms with Crippen molar-refractivity contribution < 1.29 is 0 Å². The Morgan fingerprint density at radius 2 is 1.58 bits per heavy atom. The van der Waals surface area contributed by atoms with Gasteiger partial charge in [0.15, 0.2) is 0 Å². The SMILES string of the molecule is Cc1ccc(CNc2cc(NC3CCCCCC3)nc(C)n2)cc1. The highest BCUT2D eigenvalue weighted by molar-refractivity contribution is 5.48. The molecule has 0 saturated heterocycles. The molecule has 1 aliphatic rings. The molecule has 24 heavy (non-hydrogen) atoms. The quantitative estimate of drug-likeness (QED) is 0.773. The van der Waals surface area contributed by atoms with Crippen molar-refractivity contribution in [3.8, 4) is 0 Å². The molecule has 0 amide bonds. The number of nitrogens with zero attached hydrogens (tertiary/aromatic N) is 2. The van der Waals surface area contributed by atoms with Gasteiger partial charge in [0.1, 0.15) is 17.5 Å². The molecule has 1 aromatic heterocycles. The molecule has 1 aromatic carbocycles. The predicted molar refractivity (Wildman–Crippen MR) is 100 cm³/mol. The van der Waals surface area contributed by atoms with Gasteiger partial charge in [-0.25, -0.2) is 9.97 Å². The van der Waals surface area contributed by atoms with Crippen molar-refractivity contribution in [2.45, 2.75) is 65.0 Å². The number of benzene rings is 1. The summed E-state index contributed by atoms with van der Waals surface area (Å²) < 4.78 is 0. The summed E-state index contributed by atoms with van der Waals surface area (Å²) in [5, 5.41) is 7.04. The lowest BCUT2D eigenvalue weighted by molar-refractivity contribution is 0.617. The first-order valence-corrected chi connectivity index (χ1v) is 9.11. The number of anilines is 2. The van der Waals surface area contributed by atoms with E-state index in [4.69, 9.17) is 0 Å². The first-order chi connectivity index (χ1) is 11.7. The average molecular weight is 324 g/mol. The Hall–Kier alpha value is -2.10. The van der Waals surface area contributed by atoms with Crippen molar-refractivity contribution >= 4 is 11.6 Å². The maximum Gasteiger partial charge on any atom is 0.132 e. The lowest BCUT2D eigenvalue weighted by Crippen LogP contribution is -2.19. The van der Waals surface area contributed by atoms with Crippen LogP contribution in [0.3, 0.4) is 0 Å². The normalized spacial score (nSPS) is 15.8. The van der Waals surface area contributed by atoms with Crippen LogP contribution in [0.1, 0.15) is 55.5 Å². The summed E-state index contributed by atoms with van der Waals surface area (Å²) in [4.78, 5) is 9.08. The summed E-state index contributed by atoms with van der Waals surface area (Å²) in [5.74, 6) is 2.64. The Balaban J connectivity index is 1.63. The number of aryl methyl sites for hydroxylation is 2. The number of rotatable bonds is 5. The molecule has 1 aliphatic carbocycles. The summed E-state index contributed by atoms with van der Waals surface area (Å²) in [5.41, 5.74) is 2.54. The van der Waals surface area contributed by atoms with Crippen molar-refractivity contribution in [2.24, 2.45) is 0 Å². The Labute approximate surface area is 145 Å². The fourth-order valence-corrected chi connectivity index (χ4v) is 3.26. The van der Waals surface area contributed by atoms with Gasteiger partial charge in [-0.3, -0.25) is 0 Å². The van der Waals surface area contributed by atoms with Crippen LogP contribution in [-0.2, 0) is 6.54 Å². The van der Waals surface area contributed by atoms with E-state index in [0.717, 1.165) is 24.0 Å². The fourth-order valence-electron chi connectivity index (χ4n) is 3.26. The van der Waals surface area contributed by atoms with Crippen molar-refractivity contribution in [1.29, 1.82) is 0 Å². The van der Waals surface area contributed by atoms with Gasteiger partial charge in [0.25, 0.3) is 0 Å². The average Bonchev–Trinajstić information content (AvgIpc) is 2.82. The van der Waals surface area contributed by atoms with Gasteiger partial charge < -0.3 is 10.6 Å². The van der Waals surface area contributed by atoms with Gasteiger partial charge in [-0.2, -0.15) is 0 Å². The van der Waals surface area contributed by atoms with E-state index >= 15 is 0 Å². The van der Waals surface area contributed by atoms with E-state index in [-0.39, 0.29) is 0 Å². The van der Waals surface area contributed by atoms with E-state index in [1.54, 1.807) is 0 Å². The van der Waals surface area contributed by atoms with Crippen LogP contribution in [-0.4, -0.2) is 16.0 Å². The van der Waals surface area contributed by atoms with Gasteiger partial charge >= 0.3 is 0 Å². The van der Waals surface area contributed by atoms with Crippen LogP contribution in [0.2, 0.25) is 0 Å². The highest BCUT2D eigenvalue weighted by Crippen LogP contribution is 2.21. The lowest BCUT2D eigenvalue weighted by atomic mass is 10.1. The molecule has 0 atom stereocenters. The summed E-state index contributed by atoms with van der Waals surface area (Å²) in [6.45, 7) is 4.84. The molecule has 4 heteroatoms. The van der Waals surface area contributed by atoms with Crippen molar-refractivity contribution in [1.82, 2.24) is 9.97 Å². The second-order valence-corrected chi connectivity index (χ2v) is 6.86. The van der Waals surface area contributed by atoms with Crippen LogP contribution < -0.4 is 10.6 Å². The maximum absolute atomic E-state index is 4.56. The fraction of sp³-hybridized carbons (Fsp3) is 0.500. The molecule has 1 saturated carbocycles. The lowest BCUT2D eigenvalue weighted by Gasteiger charge is -2.18. The predicted octanol–water partition coefficient (Wildman–Crippen LogP) is 4.84. The number of aromatic nitrogens is 2. The molecular formula is C20H28N4. The third-order valence-corrected chi connectivity index (χ3v) is 4.64. The topological polar surface area (TPSA) is 49.8 Å². The van der Waals surface area contributed by atoms with E-state index in [2.05, 4.69) is 51.8 Å². The third kappa shape index (κ3) is 4.95. The van der Waals surface area contributed by atoms with Crippen LogP contribution in [0, 0.1) is 13.8 Å². The first kappa shape index (κ1) is 16.7. The van der Waals surface area contributed by atoms with Crippen LogP contribution in [0.15, 0.2) is 30.3 Å². The molecule has 1 heterocycles. The van der Waals surface area contributed by atoms with E-state index < -0.39 is 0 Å². The Bertz CT molecular complexity index is 643. The third-order valence-electron chi connectivity index (χ3n) is 4.64. The molecule has 0 radical (unpaired) electrons. The van der Waals surface area contributed by atoms with Gasteiger partial charge in [0.2, 0.25) is 0 Å². The summed E-state index contributed by atoms with van der Waals surface area (Å²) >= 11 is 0. The zero-order chi connectivity index (χ0) is 16.8. The smallest absolute Gasteiger partial charge is 0.132 e. The molecule has 3 rings (SSSR count). The molecule has 2 N–H and O–H groups in total. The minimum atomic E-state index is 0.548. The minimum absolute atomic E-state index is 0.548. The van der Waals surface area contributed by atoms with Crippen LogP contribution >= 0.6 is 0 Å². The second kappa shape index (κ2) is 8.13. The zero-order valence-corrected chi connectivity index (χ0v) is 14.8. The van der Waals surface area contributed by atoms with Gasteiger partial charge in [0.05, 0.1) is 0 Å². The van der Waals surface area contributed by atoms with Crippen molar-refractivity contribution in [3.63, 3.8) is 0 Å². The molecule has 128 valence electrons. The molecule has 4 nitrogen and oxygen atoms in total. The van der Waals surface area contributed by atoms with Gasteiger partial charge in [0, 0.05) is 18.7 Å². The Morgan fingerprint density at radius 3 is 2.29 bits per heavy atom. The summed E-state index contributed by atoms with van der Waals surface area (Å²) in [7, 11) is 0. The second-order valence-electron chi connectivity index (χ2n) is 6.86. The van der Waals surface area contributed by atoms with Gasteiger partial charge in [-0.15, -0.1) is 0 Å². The molecular weight excluding hydrogens is 296 g/mol.